The van der Waals surface area contributed by atoms with Crippen molar-refractivity contribution in [2.24, 2.45) is 0 Å². The molecular formula is C22H21N5O. The Hall–Kier alpha value is -3.67. The SMILES string of the molecule is O=C(Cn1ccnc1-c1ccccc1)N[C@H](Cn1cccn1)c1ccccc1. The molecule has 0 fully saturated rings. The molecule has 0 radical (unpaired) electrons. The predicted molar refractivity (Wildman–Crippen MR) is 107 cm³/mol. The number of aromatic nitrogens is 4. The number of nitrogens with zero attached hydrogens (tertiary/aromatic N) is 4. The van der Waals surface area contributed by atoms with Gasteiger partial charge in [0.1, 0.15) is 12.4 Å². The fourth-order valence-electron chi connectivity index (χ4n) is 3.19. The van der Waals surface area contributed by atoms with Gasteiger partial charge in [-0.25, -0.2) is 4.98 Å². The van der Waals surface area contributed by atoms with Crippen LogP contribution in [-0.2, 0) is 17.9 Å². The van der Waals surface area contributed by atoms with E-state index >= 15 is 0 Å². The lowest BCUT2D eigenvalue weighted by Crippen LogP contribution is -2.34. The molecule has 1 amide bonds. The third-order valence-corrected chi connectivity index (χ3v) is 4.53. The van der Waals surface area contributed by atoms with Crippen LogP contribution in [0.4, 0.5) is 0 Å². The van der Waals surface area contributed by atoms with E-state index in [9.17, 15) is 4.79 Å². The fourth-order valence-corrected chi connectivity index (χ4v) is 3.19. The van der Waals surface area contributed by atoms with Crippen molar-refractivity contribution in [1.82, 2.24) is 24.6 Å². The Labute approximate surface area is 163 Å². The zero-order valence-corrected chi connectivity index (χ0v) is 15.3. The molecule has 28 heavy (non-hydrogen) atoms. The highest BCUT2D eigenvalue weighted by atomic mass is 16.2. The van der Waals surface area contributed by atoms with Gasteiger partial charge in [0.05, 0.1) is 12.6 Å². The number of carbonyl (C=O) groups excluding carboxylic acids is 1. The zero-order valence-electron chi connectivity index (χ0n) is 15.3. The van der Waals surface area contributed by atoms with Gasteiger partial charge in [-0.2, -0.15) is 5.10 Å². The van der Waals surface area contributed by atoms with E-state index < -0.39 is 0 Å². The number of rotatable bonds is 7. The number of amides is 1. The Morgan fingerprint density at radius 3 is 2.39 bits per heavy atom. The van der Waals surface area contributed by atoms with Crippen molar-refractivity contribution < 1.29 is 4.79 Å². The van der Waals surface area contributed by atoms with Crippen LogP contribution in [0.25, 0.3) is 11.4 Å². The molecule has 1 N–H and O–H groups in total. The average molecular weight is 371 g/mol. The van der Waals surface area contributed by atoms with E-state index in [4.69, 9.17) is 0 Å². The Balaban J connectivity index is 1.50. The lowest BCUT2D eigenvalue weighted by Gasteiger charge is -2.20. The molecule has 2 heterocycles. The van der Waals surface area contributed by atoms with E-state index in [1.807, 2.05) is 88.4 Å². The maximum Gasteiger partial charge on any atom is 0.240 e. The van der Waals surface area contributed by atoms with Crippen molar-refractivity contribution in [2.75, 3.05) is 0 Å². The summed E-state index contributed by atoms with van der Waals surface area (Å²) in [5.74, 6) is 0.704. The molecule has 1 atom stereocenters. The van der Waals surface area contributed by atoms with Crippen LogP contribution < -0.4 is 5.32 Å². The van der Waals surface area contributed by atoms with Gasteiger partial charge < -0.3 is 9.88 Å². The lowest BCUT2D eigenvalue weighted by molar-refractivity contribution is -0.122. The Morgan fingerprint density at radius 1 is 0.929 bits per heavy atom. The maximum absolute atomic E-state index is 12.8. The summed E-state index contributed by atoms with van der Waals surface area (Å²) in [6, 6.07) is 21.5. The molecule has 4 aromatic rings. The van der Waals surface area contributed by atoms with Gasteiger partial charge in [0.15, 0.2) is 0 Å². The molecule has 0 aliphatic rings. The normalized spacial score (nSPS) is 11.9. The van der Waals surface area contributed by atoms with E-state index in [0.717, 1.165) is 17.0 Å². The first-order chi connectivity index (χ1) is 13.8. The summed E-state index contributed by atoms with van der Waals surface area (Å²) in [5, 5.41) is 7.41. The maximum atomic E-state index is 12.8. The molecule has 0 bridgehead atoms. The van der Waals surface area contributed by atoms with Crippen LogP contribution >= 0.6 is 0 Å². The van der Waals surface area contributed by atoms with Crippen molar-refractivity contribution >= 4 is 5.91 Å². The molecule has 6 heteroatoms. The first-order valence-corrected chi connectivity index (χ1v) is 9.18. The molecule has 2 aromatic carbocycles. The van der Waals surface area contributed by atoms with Crippen LogP contribution in [-0.4, -0.2) is 25.2 Å². The number of benzene rings is 2. The van der Waals surface area contributed by atoms with Crippen molar-refractivity contribution in [1.29, 1.82) is 0 Å². The minimum absolute atomic E-state index is 0.0730. The first-order valence-electron chi connectivity index (χ1n) is 9.18. The van der Waals surface area contributed by atoms with Gasteiger partial charge in [-0.05, 0) is 11.6 Å². The molecule has 140 valence electrons. The Morgan fingerprint density at radius 2 is 1.68 bits per heavy atom. The van der Waals surface area contributed by atoms with E-state index in [1.54, 1.807) is 12.4 Å². The molecule has 0 spiro atoms. The fraction of sp³-hybridized carbons (Fsp3) is 0.136. The minimum atomic E-state index is -0.169. The van der Waals surface area contributed by atoms with Gasteiger partial charge in [0.25, 0.3) is 0 Å². The molecule has 0 aliphatic carbocycles. The Bertz CT molecular complexity index is 1010. The van der Waals surface area contributed by atoms with Crippen LogP contribution in [0.5, 0.6) is 0 Å². The van der Waals surface area contributed by atoms with Gasteiger partial charge in [0, 0.05) is 30.4 Å². The quantitative estimate of drug-likeness (QED) is 0.542. The minimum Gasteiger partial charge on any atom is -0.346 e. The monoisotopic (exact) mass is 371 g/mol. The number of nitrogens with one attached hydrogen (secondary N) is 1. The summed E-state index contributed by atoms with van der Waals surface area (Å²) in [4.78, 5) is 17.2. The summed E-state index contributed by atoms with van der Waals surface area (Å²) in [7, 11) is 0. The van der Waals surface area contributed by atoms with Crippen LogP contribution in [0.3, 0.4) is 0 Å². The van der Waals surface area contributed by atoms with E-state index in [0.29, 0.717) is 6.54 Å². The summed E-state index contributed by atoms with van der Waals surface area (Å²) in [6.07, 6.45) is 7.17. The number of hydrogen-bond acceptors (Lipinski definition) is 3. The van der Waals surface area contributed by atoms with Crippen molar-refractivity contribution in [2.45, 2.75) is 19.1 Å². The largest absolute Gasteiger partial charge is 0.346 e. The second-order valence-electron chi connectivity index (χ2n) is 6.50. The van der Waals surface area contributed by atoms with Crippen molar-refractivity contribution in [3.05, 3.63) is 97.1 Å². The van der Waals surface area contributed by atoms with Crippen LogP contribution in [0.1, 0.15) is 11.6 Å². The number of hydrogen-bond donors (Lipinski definition) is 1. The second kappa shape index (κ2) is 8.35. The van der Waals surface area contributed by atoms with Gasteiger partial charge in [-0.1, -0.05) is 60.7 Å². The van der Waals surface area contributed by atoms with Gasteiger partial charge >= 0.3 is 0 Å². The van der Waals surface area contributed by atoms with Crippen LogP contribution in [0, 0.1) is 0 Å². The van der Waals surface area contributed by atoms with Crippen LogP contribution in [0.2, 0.25) is 0 Å². The van der Waals surface area contributed by atoms with Gasteiger partial charge in [-0.15, -0.1) is 0 Å². The summed E-state index contributed by atoms with van der Waals surface area (Å²) in [6.45, 7) is 0.769. The molecule has 4 rings (SSSR count). The average Bonchev–Trinajstić information content (AvgIpc) is 3.41. The predicted octanol–water partition coefficient (Wildman–Crippen LogP) is 3.30. The number of imidazole rings is 1. The molecule has 0 saturated carbocycles. The van der Waals surface area contributed by atoms with Crippen LogP contribution in [0.15, 0.2) is 91.5 Å². The third-order valence-electron chi connectivity index (χ3n) is 4.53. The Kier molecular flexibility index (Phi) is 5.29. The molecule has 2 aromatic heterocycles. The lowest BCUT2D eigenvalue weighted by atomic mass is 10.1. The number of carbonyl (C=O) groups is 1. The topological polar surface area (TPSA) is 64.7 Å². The summed E-state index contributed by atoms with van der Waals surface area (Å²) < 4.78 is 3.69. The standard InChI is InChI=1S/C22H21N5O/c28-21(17-26-15-13-23-22(26)19-10-5-2-6-11-19)25-20(16-27-14-7-12-24-27)18-8-3-1-4-9-18/h1-15,20H,16-17H2,(H,25,28)/t20-/m1/s1. The second-order valence-corrected chi connectivity index (χ2v) is 6.50. The molecule has 6 nitrogen and oxygen atoms in total. The van der Waals surface area contributed by atoms with Gasteiger partial charge in [-0.3, -0.25) is 9.48 Å². The van der Waals surface area contributed by atoms with E-state index in [-0.39, 0.29) is 18.5 Å². The zero-order chi connectivity index (χ0) is 19.2. The summed E-state index contributed by atoms with van der Waals surface area (Å²) in [5.41, 5.74) is 2.02. The molecule has 0 aliphatic heterocycles. The highest BCUT2D eigenvalue weighted by Crippen LogP contribution is 2.18. The molecule has 0 saturated heterocycles. The van der Waals surface area contributed by atoms with Crippen molar-refractivity contribution in [3.63, 3.8) is 0 Å². The molecule has 0 unspecified atom stereocenters. The highest BCUT2D eigenvalue weighted by Gasteiger charge is 2.17. The smallest absolute Gasteiger partial charge is 0.240 e. The van der Waals surface area contributed by atoms with Gasteiger partial charge in [0.2, 0.25) is 5.91 Å². The summed E-state index contributed by atoms with van der Waals surface area (Å²) >= 11 is 0. The molecular weight excluding hydrogens is 350 g/mol. The van der Waals surface area contributed by atoms with E-state index in [1.165, 1.54) is 0 Å². The van der Waals surface area contributed by atoms with E-state index in [2.05, 4.69) is 15.4 Å². The first kappa shape index (κ1) is 17.7. The highest BCUT2D eigenvalue weighted by molar-refractivity contribution is 5.77. The van der Waals surface area contributed by atoms with Crippen molar-refractivity contribution in [3.8, 4) is 11.4 Å². The third kappa shape index (κ3) is 4.17.